The highest BCUT2D eigenvalue weighted by molar-refractivity contribution is 5.95. The molecule has 3 radical (unpaired) electrons. The summed E-state index contributed by atoms with van der Waals surface area (Å²) in [6.07, 6.45) is 0. The number of hydrogen-bond acceptors (Lipinski definition) is 9. The summed E-state index contributed by atoms with van der Waals surface area (Å²) in [4.78, 5) is 33.0. The molecule has 0 aliphatic carbocycles. The van der Waals surface area contributed by atoms with Gasteiger partial charge in [-0.05, 0) is 111 Å². The van der Waals surface area contributed by atoms with Gasteiger partial charge in [-0.3, -0.25) is 0 Å². The Bertz CT molecular complexity index is 2030. The lowest BCUT2D eigenvalue weighted by atomic mass is 10.1. The van der Waals surface area contributed by atoms with Gasteiger partial charge in [0.05, 0.1) is 17.9 Å². The van der Waals surface area contributed by atoms with Gasteiger partial charge in [0, 0.05) is 68.2 Å². The van der Waals surface area contributed by atoms with E-state index in [2.05, 4.69) is 16.0 Å². The van der Waals surface area contributed by atoms with Crippen LogP contribution < -0.4 is 31.3 Å². The molecule has 3 N–H and O–H groups in total. The summed E-state index contributed by atoms with van der Waals surface area (Å²) in [5.74, 6) is -3.53. The van der Waals surface area contributed by atoms with Crippen molar-refractivity contribution in [1.29, 1.82) is 0 Å². The van der Waals surface area contributed by atoms with Crippen molar-refractivity contribution in [3.8, 4) is 0 Å². The molecule has 0 amide bonds. The SMILES string of the molecule is Cc1cccc(Nc2ccccc2C(=O)[O-])c1C.Cc1cccc(Nc2ccccc2C(=O)[O-])c1C.Cc1cccc(Nc2ccccc2C(=O)[O-])c1C.[Al]. The Balaban J connectivity index is 0.000000220. The van der Waals surface area contributed by atoms with Crippen LogP contribution >= 0.6 is 0 Å². The van der Waals surface area contributed by atoms with Crippen molar-refractivity contribution in [3.63, 3.8) is 0 Å². The Morgan fingerprint density at radius 3 is 0.800 bits per heavy atom. The molecule has 6 rings (SSSR count). The molecule has 0 aliphatic heterocycles. The zero-order valence-electron chi connectivity index (χ0n) is 31.7. The number of carbonyl (C=O) groups is 3. The maximum atomic E-state index is 11.0. The van der Waals surface area contributed by atoms with E-state index in [0.717, 1.165) is 50.4 Å². The maximum Gasteiger partial charge on any atom is 0.0736 e. The number of para-hydroxylation sites is 3. The smallest absolute Gasteiger partial charge is 0.0736 e. The van der Waals surface area contributed by atoms with E-state index in [-0.39, 0.29) is 34.1 Å². The normalized spacial score (nSPS) is 9.93. The van der Waals surface area contributed by atoms with Gasteiger partial charge in [-0.25, -0.2) is 0 Å². The Kier molecular flexibility index (Phi) is 15.8. The second kappa shape index (κ2) is 20.2. The summed E-state index contributed by atoms with van der Waals surface area (Å²) in [5.41, 5.74) is 11.6. The fourth-order valence-electron chi connectivity index (χ4n) is 5.41. The van der Waals surface area contributed by atoms with Gasteiger partial charge in [0.15, 0.2) is 0 Å². The van der Waals surface area contributed by atoms with Gasteiger partial charge in [0.25, 0.3) is 0 Å². The third kappa shape index (κ3) is 11.6. The van der Waals surface area contributed by atoms with E-state index in [1.165, 1.54) is 18.2 Å². The van der Waals surface area contributed by atoms with Crippen molar-refractivity contribution >= 4 is 69.4 Å². The molecule has 55 heavy (non-hydrogen) atoms. The van der Waals surface area contributed by atoms with Gasteiger partial charge in [0.1, 0.15) is 0 Å². The summed E-state index contributed by atoms with van der Waals surface area (Å²) in [6.45, 7) is 12.1. The minimum Gasteiger partial charge on any atom is -0.545 e. The molecule has 0 fully saturated rings. The highest BCUT2D eigenvalue weighted by Crippen LogP contribution is 2.27. The van der Waals surface area contributed by atoms with Gasteiger partial charge in [-0.15, -0.1) is 0 Å². The number of anilines is 6. The Labute approximate surface area is 332 Å². The predicted octanol–water partition coefficient (Wildman–Crippen LogP) is 6.85. The quantitative estimate of drug-likeness (QED) is 0.135. The molecule has 0 heterocycles. The van der Waals surface area contributed by atoms with E-state index < -0.39 is 17.9 Å². The molecule has 0 aromatic heterocycles. The van der Waals surface area contributed by atoms with Crippen LogP contribution in [0.15, 0.2) is 127 Å². The molecular weight excluding hydrogens is 705 g/mol. The molecule has 0 unspecified atom stereocenters. The lowest BCUT2D eigenvalue weighted by Crippen LogP contribution is -2.23. The first-order chi connectivity index (χ1) is 25.8. The number of aromatic carboxylic acids is 3. The van der Waals surface area contributed by atoms with Crippen molar-refractivity contribution in [2.75, 3.05) is 16.0 Å². The molecule has 0 bridgehead atoms. The number of carboxylic acids is 3. The number of rotatable bonds is 9. The largest absolute Gasteiger partial charge is 0.545 e. The molecule has 0 saturated carbocycles. The Morgan fingerprint density at radius 2 is 0.564 bits per heavy atom. The van der Waals surface area contributed by atoms with Crippen LogP contribution in [0.25, 0.3) is 0 Å². The Hall–Kier alpha value is -6.34. The summed E-state index contributed by atoms with van der Waals surface area (Å²) >= 11 is 0. The zero-order chi connectivity index (χ0) is 39.4. The lowest BCUT2D eigenvalue weighted by Gasteiger charge is -2.15. The molecule has 10 heteroatoms. The number of nitrogens with one attached hydrogen (secondary N) is 3. The molecule has 0 spiro atoms. The Morgan fingerprint density at radius 1 is 0.345 bits per heavy atom. The van der Waals surface area contributed by atoms with Gasteiger partial charge >= 0.3 is 0 Å². The molecule has 9 nitrogen and oxygen atoms in total. The van der Waals surface area contributed by atoms with Crippen molar-refractivity contribution < 1.29 is 29.7 Å². The fraction of sp³-hybridized carbons (Fsp3) is 0.133. The van der Waals surface area contributed by atoms with E-state index in [9.17, 15) is 29.7 Å². The highest BCUT2D eigenvalue weighted by atomic mass is 27.0. The standard InChI is InChI=1S/3C15H15NO2.Al/c3*1-10-6-5-9-13(11(10)2)16-14-8-4-3-7-12(14)15(17)18;/h3*3-9,16H,1-2H3,(H,17,18);/p-3. The summed E-state index contributed by atoms with van der Waals surface area (Å²) in [6, 6.07) is 37.8. The predicted molar refractivity (Wildman–Crippen MR) is 216 cm³/mol. The molecule has 6 aromatic carbocycles. The lowest BCUT2D eigenvalue weighted by molar-refractivity contribution is -0.256. The summed E-state index contributed by atoms with van der Waals surface area (Å²) in [5, 5.41) is 42.5. The second-order valence-electron chi connectivity index (χ2n) is 12.6. The third-order valence-electron chi connectivity index (χ3n) is 9.06. The van der Waals surface area contributed by atoms with Crippen molar-refractivity contribution in [3.05, 3.63) is 177 Å². The molecule has 0 atom stereocenters. The van der Waals surface area contributed by atoms with Crippen LogP contribution in [0.2, 0.25) is 0 Å². The molecule has 279 valence electrons. The first kappa shape index (κ1) is 43.1. The first-order valence-electron chi connectivity index (χ1n) is 17.2. The minimum absolute atomic E-state index is 0. The van der Waals surface area contributed by atoms with Gasteiger partial charge < -0.3 is 45.7 Å². The number of benzene rings is 6. The van der Waals surface area contributed by atoms with E-state index in [4.69, 9.17) is 0 Å². The van der Waals surface area contributed by atoms with Crippen LogP contribution in [-0.4, -0.2) is 35.3 Å². The fourth-order valence-corrected chi connectivity index (χ4v) is 5.41. The van der Waals surface area contributed by atoms with Crippen LogP contribution in [0.3, 0.4) is 0 Å². The third-order valence-corrected chi connectivity index (χ3v) is 9.06. The van der Waals surface area contributed by atoms with Gasteiger partial charge in [0.2, 0.25) is 0 Å². The summed E-state index contributed by atoms with van der Waals surface area (Å²) < 4.78 is 0. The van der Waals surface area contributed by atoms with Gasteiger partial charge in [-0.1, -0.05) is 91.0 Å². The van der Waals surface area contributed by atoms with Crippen molar-refractivity contribution in [2.45, 2.75) is 41.5 Å². The number of hydrogen-bond donors (Lipinski definition) is 3. The monoisotopic (exact) mass is 747 g/mol. The number of aryl methyl sites for hydroxylation is 3. The topological polar surface area (TPSA) is 156 Å². The van der Waals surface area contributed by atoms with Crippen molar-refractivity contribution in [1.82, 2.24) is 0 Å². The molecular formula is C45H42AlN3O6-3. The molecule has 0 saturated heterocycles. The maximum absolute atomic E-state index is 11.0. The molecule has 6 aromatic rings. The second-order valence-corrected chi connectivity index (χ2v) is 12.6. The van der Waals surface area contributed by atoms with Crippen LogP contribution in [0, 0.1) is 41.5 Å². The summed E-state index contributed by atoms with van der Waals surface area (Å²) in [7, 11) is 0. The average molecular weight is 748 g/mol. The van der Waals surface area contributed by atoms with Crippen LogP contribution in [0.4, 0.5) is 34.1 Å². The van der Waals surface area contributed by atoms with E-state index in [1.54, 1.807) is 54.6 Å². The molecule has 0 aliphatic rings. The minimum atomic E-state index is -1.18. The van der Waals surface area contributed by atoms with Crippen molar-refractivity contribution in [2.24, 2.45) is 0 Å². The zero-order valence-corrected chi connectivity index (χ0v) is 32.8. The highest BCUT2D eigenvalue weighted by Gasteiger charge is 2.08. The van der Waals surface area contributed by atoms with Crippen LogP contribution in [-0.2, 0) is 0 Å². The van der Waals surface area contributed by atoms with Crippen LogP contribution in [0.5, 0.6) is 0 Å². The average Bonchev–Trinajstić information content (AvgIpc) is 3.15. The van der Waals surface area contributed by atoms with Crippen LogP contribution in [0.1, 0.15) is 64.5 Å². The van der Waals surface area contributed by atoms with Gasteiger partial charge in [-0.2, -0.15) is 0 Å². The number of carbonyl (C=O) groups excluding carboxylic acids is 3. The number of carboxylic acid groups (broad SMARTS) is 3. The van der Waals surface area contributed by atoms with E-state index >= 15 is 0 Å². The van der Waals surface area contributed by atoms with E-state index in [0.29, 0.717) is 17.1 Å². The van der Waals surface area contributed by atoms with E-state index in [1.807, 2.05) is 96.1 Å². The first-order valence-corrected chi connectivity index (χ1v) is 17.2.